The normalized spacial score (nSPS) is 23.5. The second-order valence-electron chi connectivity index (χ2n) is 7.91. The highest BCUT2D eigenvalue weighted by molar-refractivity contribution is 5.98. The molecule has 2 saturated heterocycles. The summed E-state index contributed by atoms with van der Waals surface area (Å²) >= 11 is 0. The van der Waals surface area contributed by atoms with Crippen molar-refractivity contribution in [2.75, 3.05) is 37.7 Å². The predicted molar refractivity (Wildman–Crippen MR) is 107 cm³/mol. The van der Waals surface area contributed by atoms with Gasteiger partial charge in [-0.1, -0.05) is 0 Å². The van der Waals surface area contributed by atoms with Gasteiger partial charge in [-0.15, -0.1) is 0 Å². The van der Waals surface area contributed by atoms with E-state index >= 15 is 0 Å². The molecular formula is C21H23F3N4O4. The molecule has 8 nitrogen and oxygen atoms in total. The zero-order valence-corrected chi connectivity index (χ0v) is 17.7. The number of aryl methyl sites for hydroxylation is 1. The number of hydrogen-bond donors (Lipinski definition) is 0. The number of morpholine rings is 1. The first-order valence-electron chi connectivity index (χ1n) is 10.2. The van der Waals surface area contributed by atoms with E-state index in [9.17, 15) is 22.8 Å². The Morgan fingerprint density at radius 1 is 1.22 bits per heavy atom. The summed E-state index contributed by atoms with van der Waals surface area (Å²) in [5.41, 5.74) is -0.555. The SMILES string of the molecule is CCn1ncc(C(=O)N2CCOCC3(C2)CN(c2ccc(F)cc2)C(=O)C(F)(F)O3)c1C. The summed E-state index contributed by atoms with van der Waals surface area (Å²) in [5.74, 6) is -2.50. The lowest BCUT2D eigenvalue weighted by molar-refractivity contribution is -0.293. The van der Waals surface area contributed by atoms with Crippen LogP contribution in [-0.4, -0.2) is 71.1 Å². The summed E-state index contributed by atoms with van der Waals surface area (Å²) in [5, 5.41) is 4.17. The monoisotopic (exact) mass is 452 g/mol. The quantitative estimate of drug-likeness (QED) is 0.714. The minimum Gasteiger partial charge on any atom is -0.376 e. The van der Waals surface area contributed by atoms with E-state index in [0.29, 0.717) is 17.8 Å². The number of alkyl halides is 2. The minimum absolute atomic E-state index is 0.0981. The molecular weight excluding hydrogens is 429 g/mol. The first kappa shape index (κ1) is 22.3. The molecule has 2 aliphatic heterocycles. The van der Waals surface area contributed by atoms with Gasteiger partial charge in [0.15, 0.2) is 0 Å². The Hall–Kier alpha value is -2.92. The zero-order chi connectivity index (χ0) is 23.1. The van der Waals surface area contributed by atoms with Crippen molar-refractivity contribution in [3.8, 4) is 0 Å². The first-order valence-corrected chi connectivity index (χ1v) is 10.2. The van der Waals surface area contributed by atoms with Gasteiger partial charge >= 0.3 is 12.0 Å². The van der Waals surface area contributed by atoms with Crippen LogP contribution in [-0.2, 0) is 20.8 Å². The lowest BCUT2D eigenvalue weighted by Gasteiger charge is -2.45. The zero-order valence-electron chi connectivity index (χ0n) is 17.7. The highest BCUT2D eigenvalue weighted by atomic mass is 19.3. The number of carbonyl (C=O) groups is 2. The maximum absolute atomic E-state index is 14.7. The van der Waals surface area contributed by atoms with E-state index in [4.69, 9.17) is 9.47 Å². The average Bonchev–Trinajstić information content (AvgIpc) is 3.00. The maximum atomic E-state index is 14.7. The molecule has 0 saturated carbocycles. The largest absolute Gasteiger partial charge is 0.437 e. The van der Waals surface area contributed by atoms with Gasteiger partial charge in [-0.25, -0.2) is 4.39 Å². The first-order chi connectivity index (χ1) is 15.2. The molecule has 1 aromatic heterocycles. The molecule has 2 aliphatic rings. The fourth-order valence-electron chi connectivity index (χ4n) is 4.08. The molecule has 1 aromatic carbocycles. The summed E-state index contributed by atoms with van der Waals surface area (Å²) < 4.78 is 54.9. The van der Waals surface area contributed by atoms with Gasteiger partial charge in [0.25, 0.3) is 5.91 Å². The fourth-order valence-corrected chi connectivity index (χ4v) is 4.08. The van der Waals surface area contributed by atoms with Crippen molar-refractivity contribution < 1.29 is 32.2 Å². The Labute approximate surface area is 182 Å². The molecule has 11 heteroatoms. The summed E-state index contributed by atoms with van der Waals surface area (Å²) in [4.78, 5) is 27.8. The van der Waals surface area contributed by atoms with E-state index < -0.39 is 23.4 Å². The van der Waals surface area contributed by atoms with Crippen LogP contribution in [0.15, 0.2) is 30.5 Å². The number of anilines is 1. The molecule has 3 heterocycles. The predicted octanol–water partition coefficient (Wildman–Crippen LogP) is 2.22. The Bertz CT molecular complexity index is 1030. The van der Waals surface area contributed by atoms with Crippen LogP contribution >= 0.6 is 0 Å². The lowest BCUT2D eigenvalue weighted by Crippen LogP contribution is -2.66. The molecule has 1 unspecified atom stereocenters. The second-order valence-corrected chi connectivity index (χ2v) is 7.91. The molecule has 1 spiro atoms. The molecule has 2 aromatic rings. The molecule has 2 amide bonds. The van der Waals surface area contributed by atoms with Crippen molar-refractivity contribution in [2.24, 2.45) is 0 Å². The van der Waals surface area contributed by atoms with Crippen LogP contribution in [0.3, 0.4) is 0 Å². The molecule has 2 fully saturated rings. The molecule has 4 rings (SSSR count). The van der Waals surface area contributed by atoms with Gasteiger partial charge in [0.1, 0.15) is 11.4 Å². The standard InChI is InChI=1S/C21H23F3N4O4/c1-3-28-14(2)17(10-25-28)18(29)26-8-9-31-13-20(11-26)12-27(19(30)21(23,24)32-20)16-6-4-15(22)5-7-16/h4-7,10H,3,8-9,11-13H2,1-2H3. The van der Waals surface area contributed by atoms with E-state index in [2.05, 4.69) is 5.10 Å². The number of nitrogens with zero attached hydrogens (tertiary/aromatic N) is 4. The highest BCUT2D eigenvalue weighted by Gasteiger charge is 2.58. The maximum Gasteiger partial charge on any atom is 0.437 e. The number of aromatic nitrogens is 2. The van der Waals surface area contributed by atoms with Crippen LogP contribution < -0.4 is 4.90 Å². The number of halogens is 3. The topological polar surface area (TPSA) is 76.9 Å². The van der Waals surface area contributed by atoms with E-state index in [-0.39, 0.29) is 44.4 Å². The van der Waals surface area contributed by atoms with Gasteiger partial charge in [-0.05, 0) is 38.1 Å². The number of hydrogen-bond acceptors (Lipinski definition) is 5. The number of amides is 2. The van der Waals surface area contributed by atoms with Gasteiger partial charge in [0.05, 0.1) is 38.1 Å². The third-order valence-corrected chi connectivity index (χ3v) is 5.69. The van der Waals surface area contributed by atoms with E-state index in [0.717, 1.165) is 17.0 Å². The molecule has 172 valence electrons. The van der Waals surface area contributed by atoms with Gasteiger partial charge in [-0.2, -0.15) is 13.9 Å². The Kier molecular flexibility index (Phi) is 5.72. The average molecular weight is 452 g/mol. The van der Waals surface area contributed by atoms with Crippen molar-refractivity contribution in [2.45, 2.75) is 32.1 Å². The number of benzene rings is 1. The molecule has 0 radical (unpaired) electrons. The van der Waals surface area contributed by atoms with Crippen molar-refractivity contribution in [1.29, 1.82) is 0 Å². The molecule has 32 heavy (non-hydrogen) atoms. The lowest BCUT2D eigenvalue weighted by atomic mass is 10.00. The molecule has 1 atom stereocenters. The van der Waals surface area contributed by atoms with Crippen LogP contribution in [0.4, 0.5) is 18.9 Å². The number of rotatable bonds is 3. The number of ether oxygens (including phenoxy) is 2. The van der Waals surface area contributed by atoms with Crippen molar-refractivity contribution >= 4 is 17.5 Å². The Morgan fingerprint density at radius 2 is 1.94 bits per heavy atom. The van der Waals surface area contributed by atoms with Crippen molar-refractivity contribution in [1.82, 2.24) is 14.7 Å². The summed E-state index contributed by atoms with van der Waals surface area (Å²) in [6, 6.07) is 4.64. The molecule has 0 bridgehead atoms. The van der Waals surface area contributed by atoms with Gasteiger partial charge in [0.2, 0.25) is 0 Å². The second kappa shape index (κ2) is 8.21. The number of carbonyl (C=O) groups excluding carboxylic acids is 2. The van der Waals surface area contributed by atoms with Crippen molar-refractivity contribution in [3.63, 3.8) is 0 Å². The van der Waals surface area contributed by atoms with E-state index in [1.807, 2.05) is 6.92 Å². The highest BCUT2D eigenvalue weighted by Crippen LogP contribution is 2.37. The van der Waals surface area contributed by atoms with E-state index in [1.165, 1.54) is 23.2 Å². The van der Waals surface area contributed by atoms with E-state index in [1.54, 1.807) is 11.6 Å². The third-order valence-electron chi connectivity index (χ3n) is 5.69. The minimum atomic E-state index is -4.14. The van der Waals surface area contributed by atoms with Gasteiger partial charge in [-0.3, -0.25) is 19.0 Å². The smallest absolute Gasteiger partial charge is 0.376 e. The Balaban J connectivity index is 1.65. The van der Waals surface area contributed by atoms with Crippen LogP contribution in [0, 0.1) is 12.7 Å². The summed E-state index contributed by atoms with van der Waals surface area (Å²) in [6.07, 6.45) is -2.69. The third kappa shape index (κ3) is 3.97. The van der Waals surface area contributed by atoms with Crippen LogP contribution in [0.2, 0.25) is 0 Å². The van der Waals surface area contributed by atoms with Crippen LogP contribution in [0.5, 0.6) is 0 Å². The van der Waals surface area contributed by atoms with Crippen LogP contribution in [0.25, 0.3) is 0 Å². The van der Waals surface area contributed by atoms with Gasteiger partial charge in [0, 0.05) is 24.5 Å². The van der Waals surface area contributed by atoms with Gasteiger partial charge < -0.3 is 14.5 Å². The fraction of sp³-hybridized carbons (Fsp3) is 0.476. The molecule has 0 N–H and O–H groups in total. The summed E-state index contributed by atoms with van der Waals surface area (Å²) in [7, 11) is 0. The molecule has 0 aliphatic carbocycles. The van der Waals surface area contributed by atoms with Crippen LogP contribution in [0.1, 0.15) is 23.0 Å². The van der Waals surface area contributed by atoms with Crippen molar-refractivity contribution in [3.05, 3.63) is 47.5 Å². The summed E-state index contributed by atoms with van der Waals surface area (Å²) in [6.45, 7) is 3.76. The Morgan fingerprint density at radius 3 is 2.59 bits per heavy atom.